The van der Waals surface area contributed by atoms with Gasteiger partial charge in [0.15, 0.2) is 0 Å². The van der Waals surface area contributed by atoms with E-state index in [1.807, 2.05) is 0 Å². The monoisotopic (exact) mass is 296 g/mol. The van der Waals surface area contributed by atoms with Crippen LogP contribution < -0.4 is 0 Å². The summed E-state index contributed by atoms with van der Waals surface area (Å²) in [5.74, 6) is -0.145. The van der Waals surface area contributed by atoms with E-state index in [1.165, 1.54) is 34.8 Å². The number of methoxy groups -OCH3 is 1. The fraction of sp³-hybridized carbons (Fsp3) is 0.389. The topological polar surface area (TPSA) is 45.3 Å². The van der Waals surface area contributed by atoms with Crippen molar-refractivity contribution in [3.05, 3.63) is 47.2 Å². The Morgan fingerprint density at radius 2 is 2.27 bits per heavy atom. The number of H-pyrrole nitrogens is 1. The minimum atomic E-state index is -0.145. The largest absolute Gasteiger partial charge is 0.469 e. The third kappa shape index (κ3) is 2.15. The number of carbonyl (C=O) groups is 1. The average Bonchev–Trinajstić information content (AvgIpc) is 2.93. The Labute approximate surface area is 129 Å². The molecule has 0 saturated carbocycles. The number of aromatic amines is 1. The first-order valence-corrected chi connectivity index (χ1v) is 7.84. The molecule has 1 aromatic heterocycles. The van der Waals surface area contributed by atoms with E-state index in [0.717, 1.165) is 25.9 Å². The molecule has 114 valence electrons. The second-order valence-electron chi connectivity index (χ2n) is 6.15. The van der Waals surface area contributed by atoms with Crippen LogP contribution in [0.1, 0.15) is 30.1 Å². The van der Waals surface area contributed by atoms with Gasteiger partial charge in [0, 0.05) is 29.7 Å². The Hall–Kier alpha value is -2.07. The van der Waals surface area contributed by atoms with Gasteiger partial charge in [-0.1, -0.05) is 24.3 Å². The Morgan fingerprint density at radius 1 is 1.41 bits per heavy atom. The molecule has 0 fully saturated rings. The first-order chi connectivity index (χ1) is 10.8. The van der Waals surface area contributed by atoms with E-state index in [4.69, 9.17) is 4.74 Å². The first-order valence-electron chi connectivity index (χ1n) is 7.84. The van der Waals surface area contributed by atoms with Gasteiger partial charge in [-0.15, -0.1) is 0 Å². The van der Waals surface area contributed by atoms with Gasteiger partial charge >= 0.3 is 5.97 Å². The highest BCUT2D eigenvalue weighted by atomic mass is 16.5. The summed E-state index contributed by atoms with van der Waals surface area (Å²) in [5.41, 5.74) is 5.25. The molecule has 2 aliphatic heterocycles. The van der Waals surface area contributed by atoms with Crippen molar-refractivity contribution in [1.29, 1.82) is 0 Å². The number of ether oxygens (including phenoxy) is 1. The normalized spacial score (nSPS) is 21.1. The Bertz CT molecular complexity index is 760. The van der Waals surface area contributed by atoms with Crippen molar-refractivity contribution in [1.82, 2.24) is 9.88 Å². The smallest absolute Gasteiger partial charge is 0.309 e. The Morgan fingerprint density at radius 3 is 3.14 bits per heavy atom. The molecule has 2 aromatic rings. The lowest BCUT2D eigenvalue weighted by molar-refractivity contribution is -0.139. The number of aromatic nitrogens is 1. The van der Waals surface area contributed by atoms with Crippen molar-refractivity contribution in [3.63, 3.8) is 0 Å². The second kappa shape index (κ2) is 5.29. The minimum absolute atomic E-state index is 0.145. The number of hydrogen-bond acceptors (Lipinski definition) is 3. The van der Waals surface area contributed by atoms with E-state index >= 15 is 0 Å². The number of rotatable bonds is 2. The number of fused-ring (bicyclic) bond motifs is 5. The lowest BCUT2D eigenvalue weighted by atomic mass is 9.91. The van der Waals surface area contributed by atoms with Crippen LogP contribution >= 0.6 is 0 Å². The SMILES string of the molecule is COC(=O)CC1=CCC2c3[nH]c4ccccc4c3CCN2C1. The predicted molar refractivity (Wildman–Crippen MR) is 85.6 cm³/mol. The van der Waals surface area contributed by atoms with Crippen LogP contribution in [-0.4, -0.2) is 36.1 Å². The van der Waals surface area contributed by atoms with Crippen molar-refractivity contribution in [3.8, 4) is 0 Å². The molecule has 3 heterocycles. The molecule has 0 bridgehead atoms. The van der Waals surface area contributed by atoms with Crippen molar-refractivity contribution >= 4 is 16.9 Å². The highest BCUT2D eigenvalue weighted by Gasteiger charge is 2.32. The van der Waals surface area contributed by atoms with E-state index in [9.17, 15) is 4.79 Å². The number of hydrogen-bond donors (Lipinski definition) is 1. The number of para-hydroxylation sites is 1. The van der Waals surface area contributed by atoms with E-state index in [0.29, 0.717) is 12.5 Å². The van der Waals surface area contributed by atoms with Crippen LogP contribution in [0.2, 0.25) is 0 Å². The third-order valence-electron chi connectivity index (χ3n) is 4.90. The van der Waals surface area contributed by atoms with Gasteiger partial charge in [0.05, 0.1) is 19.6 Å². The highest BCUT2D eigenvalue weighted by Crippen LogP contribution is 2.39. The highest BCUT2D eigenvalue weighted by molar-refractivity contribution is 5.85. The minimum Gasteiger partial charge on any atom is -0.469 e. The summed E-state index contributed by atoms with van der Waals surface area (Å²) in [4.78, 5) is 17.6. The van der Waals surface area contributed by atoms with Crippen molar-refractivity contribution in [2.45, 2.75) is 25.3 Å². The van der Waals surface area contributed by atoms with Crippen LogP contribution in [0.25, 0.3) is 10.9 Å². The molecule has 1 atom stereocenters. The fourth-order valence-corrected chi connectivity index (χ4v) is 3.81. The molecule has 4 heteroatoms. The molecule has 0 spiro atoms. The van der Waals surface area contributed by atoms with Crippen LogP contribution in [0.4, 0.5) is 0 Å². The van der Waals surface area contributed by atoms with Gasteiger partial charge in [-0.2, -0.15) is 0 Å². The summed E-state index contributed by atoms with van der Waals surface area (Å²) in [5, 5.41) is 1.36. The Balaban J connectivity index is 1.65. The summed E-state index contributed by atoms with van der Waals surface area (Å²) >= 11 is 0. The van der Waals surface area contributed by atoms with E-state index in [2.05, 4.69) is 40.2 Å². The van der Waals surface area contributed by atoms with E-state index < -0.39 is 0 Å². The summed E-state index contributed by atoms with van der Waals surface area (Å²) in [6, 6.07) is 8.97. The zero-order valence-corrected chi connectivity index (χ0v) is 12.8. The van der Waals surface area contributed by atoms with Gasteiger partial charge in [0.1, 0.15) is 0 Å². The lowest BCUT2D eigenvalue weighted by Crippen LogP contribution is -2.39. The second-order valence-corrected chi connectivity index (χ2v) is 6.15. The zero-order chi connectivity index (χ0) is 15.1. The molecule has 4 nitrogen and oxygen atoms in total. The summed E-state index contributed by atoms with van der Waals surface area (Å²) in [7, 11) is 1.45. The maximum Gasteiger partial charge on any atom is 0.309 e. The standard InChI is InChI=1S/C18H20N2O2/c1-22-17(21)10-12-6-7-16-18-14(8-9-20(16)11-12)13-4-2-3-5-15(13)19-18/h2-6,16,19H,7-11H2,1H3. The molecule has 1 aromatic carbocycles. The molecular formula is C18H20N2O2. The molecule has 2 aliphatic rings. The molecule has 4 rings (SSSR count). The zero-order valence-electron chi connectivity index (χ0n) is 12.8. The number of nitrogens with one attached hydrogen (secondary N) is 1. The number of nitrogens with zero attached hydrogens (tertiary/aromatic N) is 1. The van der Waals surface area contributed by atoms with Crippen LogP contribution in [0.15, 0.2) is 35.9 Å². The summed E-state index contributed by atoms with van der Waals surface area (Å²) < 4.78 is 4.78. The Kier molecular flexibility index (Phi) is 3.26. The first kappa shape index (κ1) is 13.6. The van der Waals surface area contributed by atoms with E-state index in [1.54, 1.807) is 0 Å². The quantitative estimate of drug-likeness (QED) is 0.684. The molecule has 0 radical (unpaired) electrons. The maximum atomic E-state index is 11.5. The third-order valence-corrected chi connectivity index (χ3v) is 4.90. The van der Waals surface area contributed by atoms with Crippen LogP contribution in [0.3, 0.4) is 0 Å². The van der Waals surface area contributed by atoms with Crippen LogP contribution in [0, 0.1) is 0 Å². The van der Waals surface area contributed by atoms with Gasteiger partial charge in [0.25, 0.3) is 0 Å². The number of carbonyl (C=O) groups excluding carboxylic acids is 1. The molecule has 0 saturated heterocycles. The van der Waals surface area contributed by atoms with Crippen molar-refractivity contribution < 1.29 is 9.53 Å². The predicted octanol–water partition coefficient (Wildman–Crippen LogP) is 2.96. The number of benzene rings is 1. The summed E-state index contributed by atoms with van der Waals surface area (Å²) in [6.07, 6.45) is 4.67. The maximum absolute atomic E-state index is 11.5. The van der Waals surface area contributed by atoms with Gasteiger partial charge < -0.3 is 9.72 Å². The van der Waals surface area contributed by atoms with Crippen molar-refractivity contribution in [2.24, 2.45) is 0 Å². The van der Waals surface area contributed by atoms with Crippen LogP contribution in [-0.2, 0) is 16.0 Å². The van der Waals surface area contributed by atoms with Crippen LogP contribution in [0.5, 0.6) is 0 Å². The van der Waals surface area contributed by atoms with Gasteiger partial charge in [-0.3, -0.25) is 9.69 Å². The summed E-state index contributed by atoms with van der Waals surface area (Å²) in [6.45, 7) is 1.92. The number of esters is 1. The fourth-order valence-electron chi connectivity index (χ4n) is 3.81. The van der Waals surface area contributed by atoms with Gasteiger partial charge in [-0.25, -0.2) is 0 Å². The average molecular weight is 296 g/mol. The molecule has 22 heavy (non-hydrogen) atoms. The van der Waals surface area contributed by atoms with Crippen molar-refractivity contribution in [2.75, 3.05) is 20.2 Å². The molecule has 1 N–H and O–H groups in total. The van der Waals surface area contributed by atoms with E-state index in [-0.39, 0.29) is 5.97 Å². The molecule has 0 aliphatic carbocycles. The molecule has 0 amide bonds. The molecule has 1 unspecified atom stereocenters. The lowest BCUT2D eigenvalue weighted by Gasteiger charge is -2.38. The molecular weight excluding hydrogens is 276 g/mol. The van der Waals surface area contributed by atoms with Gasteiger partial charge in [-0.05, 0) is 30.0 Å². The van der Waals surface area contributed by atoms with Gasteiger partial charge in [0.2, 0.25) is 0 Å².